The zero-order chi connectivity index (χ0) is 17.6. The molecule has 0 radical (unpaired) electrons. The Morgan fingerprint density at radius 2 is 1.92 bits per heavy atom. The minimum atomic E-state index is -1.14. The van der Waals surface area contributed by atoms with Crippen LogP contribution < -0.4 is 10.5 Å². The van der Waals surface area contributed by atoms with E-state index in [1.54, 1.807) is 0 Å². The van der Waals surface area contributed by atoms with Crippen LogP contribution in [0.1, 0.15) is 17.0 Å². The molecule has 0 aromatic heterocycles. The molecular weight excluding hydrogens is 320 g/mol. The lowest BCUT2D eigenvalue weighted by molar-refractivity contribution is -0.167. The summed E-state index contributed by atoms with van der Waals surface area (Å²) < 4.78 is 5.80. The number of rotatable bonds is 6. The highest BCUT2D eigenvalue weighted by molar-refractivity contribution is 5.64. The maximum Gasteiger partial charge on any atom is 0.431 e. The predicted molar refractivity (Wildman–Crippen MR) is 93.5 cm³/mol. The molecule has 6 nitrogen and oxygen atoms in total. The molecule has 3 N–H and O–H groups in total. The average molecular weight is 342 g/mol. The minimum Gasteiger partial charge on any atom is -0.491 e. The number of ether oxygens (including phenoxy) is 1. The van der Waals surface area contributed by atoms with Gasteiger partial charge < -0.3 is 15.6 Å². The van der Waals surface area contributed by atoms with Crippen LogP contribution in [0, 0.1) is 0 Å². The van der Waals surface area contributed by atoms with E-state index in [1.807, 2.05) is 54.6 Å². The van der Waals surface area contributed by atoms with Gasteiger partial charge in [0.2, 0.25) is 0 Å². The number of nitrogens with zero attached hydrogens (tertiary/aromatic N) is 1. The van der Waals surface area contributed by atoms with Gasteiger partial charge in [0, 0.05) is 12.5 Å². The van der Waals surface area contributed by atoms with Crippen LogP contribution in [0.2, 0.25) is 0 Å². The van der Waals surface area contributed by atoms with Crippen LogP contribution in [0.15, 0.2) is 54.6 Å². The minimum absolute atomic E-state index is 0.0683. The Morgan fingerprint density at radius 3 is 2.64 bits per heavy atom. The lowest BCUT2D eigenvalue weighted by Crippen LogP contribution is -2.49. The van der Waals surface area contributed by atoms with Crippen molar-refractivity contribution < 1.29 is 19.5 Å². The van der Waals surface area contributed by atoms with Gasteiger partial charge in [-0.1, -0.05) is 48.5 Å². The number of carbonyl (C=O) groups is 1. The van der Waals surface area contributed by atoms with Crippen molar-refractivity contribution in [1.82, 2.24) is 5.06 Å². The molecule has 132 valence electrons. The number of benzene rings is 2. The quantitative estimate of drug-likeness (QED) is 0.788. The van der Waals surface area contributed by atoms with Gasteiger partial charge in [-0.2, -0.15) is 5.06 Å². The third-order valence-corrected chi connectivity index (χ3v) is 4.33. The molecule has 2 atom stereocenters. The van der Waals surface area contributed by atoms with Crippen LogP contribution in [0.25, 0.3) is 0 Å². The first-order valence-corrected chi connectivity index (χ1v) is 8.31. The molecule has 1 aliphatic rings. The third-order valence-electron chi connectivity index (χ3n) is 4.33. The largest absolute Gasteiger partial charge is 0.491 e. The van der Waals surface area contributed by atoms with Crippen molar-refractivity contribution in [3.63, 3.8) is 0 Å². The van der Waals surface area contributed by atoms with E-state index in [0.29, 0.717) is 6.42 Å². The average Bonchev–Trinajstić information content (AvgIpc) is 2.64. The first-order chi connectivity index (χ1) is 12.2. The van der Waals surface area contributed by atoms with E-state index >= 15 is 0 Å². The van der Waals surface area contributed by atoms with Gasteiger partial charge >= 0.3 is 6.09 Å². The molecule has 0 bridgehead atoms. The first kappa shape index (κ1) is 17.3. The van der Waals surface area contributed by atoms with Crippen LogP contribution in [0.3, 0.4) is 0 Å². The second-order valence-corrected chi connectivity index (χ2v) is 5.94. The van der Waals surface area contributed by atoms with Gasteiger partial charge in [-0.05, 0) is 23.6 Å². The molecule has 1 heterocycles. The Bertz CT molecular complexity index is 708. The van der Waals surface area contributed by atoms with Crippen molar-refractivity contribution in [2.45, 2.75) is 18.4 Å². The molecule has 0 saturated carbocycles. The smallest absolute Gasteiger partial charge is 0.431 e. The Morgan fingerprint density at radius 1 is 1.20 bits per heavy atom. The van der Waals surface area contributed by atoms with E-state index in [-0.39, 0.29) is 25.7 Å². The van der Waals surface area contributed by atoms with Gasteiger partial charge in [0.15, 0.2) is 0 Å². The highest BCUT2D eigenvalue weighted by Crippen LogP contribution is 2.38. The summed E-state index contributed by atoms with van der Waals surface area (Å²) in [5, 5.41) is 10.6. The van der Waals surface area contributed by atoms with E-state index in [2.05, 4.69) is 0 Å². The summed E-state index contributed by atoms with van der Waals surface area (Å²) in [6, 6.07) is 17.3. The second kappa shape index (κ2) is 8.00. The molecule has 0 aliphatic carbocycles. The number of hydroxylamine groups is 2. The molecule has 1 aliphatic heterocycles. The third kappa shape index (κ3) is 3.92. The Labute approximate surface area is 146 Å². The van der Waals surface area contributed by atoms with Gasteiger partial charge in [-0.15, -0.1) is 0 Å². The van der Waals surface area contributed by atoms with Crippen molar-refractivity contribution >= 4 is 6.09 Å². The van der Waals surface area contributed by atoms with E-state index < -0.39 is 12.1 Å². The van der Waals surface area contributed by atoms with Gasteiger partial charge in [-0.3, -0.25) is 4.84 Å². The van der Waals surface area contributed by atoms with Crippen molar-refractivity contribution in [2.24, 2.45) is 5.73 Å². The van der Waals surface area contributed by atoms with Crippen LogP contribution in [0.4, 0.5) is 4.79 Å². The molecule has 25 heavy (non-hydrogen) atoms. The number of para-hydroxylation sites is 1. The summed E-state index contributed by atoms with van der Waals surface area (Å²) in [7, 11) is 0. The molecule has 0 spiro atoms. The Kier molecular flexibility index (Phi) is 5.53. The number of carboxylic acid groups (broad SMARTS) is 1. The van der Waals surface area contributed by atoms with Crippen molar-refractivity contribution in [2.75, 3.05) is 19.8 Å². The van der Waals surface area contributed by atoms with Gasteiger partial charge in [0.1, 0.15) is 18.4 Å². The Balaban J connectivity index is 1.94. The molecule has 3 rings (SSSR count). The zero-order valence-electron chi connectivity index (χ0n) is 13.9. The van der Waals surface area contributed by atoms with Gasteiger partial charge in [0.05, 0.1) is 6.61 Å². The maximum absolute atomic E-state index is 11.7. The summed E-state index contributed by atoms with van der Waals surface area (Å²) in [5.41, 5.74) is 7.59. The number of amides is 1. The van der Waals surface area contributed by atoms with Crippen molar-refractivity contribution in [1.29, 1.82) is 0 Å². The van der Waals surface area contributed by atoms with Gasteiger partial charge in [0.25, 0.3) is 0 Å². The van der Waals surface area contributed by atoms with E-state index in [4.69, 9.17) is 15.3 Å². The van der Waals surface area contributed by atoms with E-state index in [1.165, 1.54) is 0 Å². The van der Waals surface area contributed by atoms with Crippen LogP contribution in [-0.4, -0.2) is 42.1 Å². The van der Waals surface area contributed by atoms with Crippen molar-refractivity contribution in [3.8, 4) is 5.75 Å². The monoisotopic (exact) mass is 342 g/mol. The second-order valence-electron chi connectivity index (χ2n) is 5.94. The summed E-state index contributed by atoms with van der Waals surface area (Å²) in [5.74, 6) is 0.727. The van der Waals surface area contributed by atoms with E-state index in [9.17, 15) is 9.90 Å². The topological polar surface area (TPSA) is 85.0 Å². The summed E-state index contributed by atoms with van der Waals surface area (Å²) in [4.78, 5) is 17.1. The van der Waals surface area contributed by atoms with Gasteiger partial charge in [-0.25, -0.2) is 4.79 Å². The van der Waals surface area contributed by atoms with Crippen molar-refractivity contribution in [3.05, 3.63) is 65.7 Å². The summed E-state index contributed by atoms with van der Waals surface area (Å²) >= 11 is 0. The lowest BCUT2D eigenvalue weighted by Gasteiger charge is -2.38. The molecule has 0 fully saturated rings. The Hall–Kier alpha value is -2.57. The summed E-state index contributed by atoms with van der Waals surface area (Å²) in [6.07, 6.45) is -0.443. The highest BCUT2D eigenvalue weighted by Gasteiger charge is 2.38. The molecule has 0 saturated heterocycles. The molecule has 1 amide bonds. The number of hydrogen-bond donors (Lipinski definition) is 2. The molecule has 6 heteroatoms. The fraction of sp³-hybridized carbons (Fsp3) is 0.316. The maximum atomic E-state index is 11.7. The molecule has 2 aromatic rings. The first-order valence-electron chi connectivity index (χ1n) is 8.31. The molecular formula is C19H22N2O4. The number of hydrogen-bond acceptors (Lipinski definition) is 4. The van der Waals surface area contributed by atoms with Crippen LogP contribution >= 0.6 is 0 Å². The SMILES string of the molecule is NCCON(C(=O)O)C1COc2ccccc2C1Cc1ccccc1. The number of fused-ring (bicyclic) bond motifs is 1. The number of nitrogens with two attached hydrogens (primary N) is 1. The molecule has 2 unspecified atom stereocenters. The fourth-order valence-corrected chi connectivity index (χ4v) is 3.21. The normalized spacial score (nSPS) is 18.9. The highest BCUT2D eigenvalue weighted by atomic mass is 16.7. The van der Waals surface area contributed by atoms with Crippen LogP contribution in [-0.2, 0) is 11.3 Å². The lowest BCUT2D eigenvalue weighted by atomic mass is 9.84. The molecule has 2 aromatic carbocycles. The zero-order valence-corrected chi connectivity index (χ0v) is 13.9. The fourth-order valence-electron chi connectivity index (χ4n) is 3.21. The van der Waals surface area contributed by atoms with E-state index in [0.717, 1.165) is 21.9 Å². The summed E-state index contributed by atoms with van der Waals surface area (Å²) in [6.45, 7) is 0.630. The predicted octanol–water partition coefficient (Wildman–Crippen LogP) is 2.64. The standard InChI is InChI=1S/C19H22N2O4/c20-10-11-25-21(19(22)23)17-13-24-18-9-5-4-8-15(18)16(17)12-14-6-2-1-3-7-14/h1-9,16-17H,10-13,20H2,(H,22,23). The van der Waals surface area contributed by atoms with Crippen LogP contribution in [0.5, 0.6) is 5.75 Å².